The molecule has 0 saturated carbocycles. The van der Waals surface area contributed by atoms with Gasteiger partial charge in [0.1, 0.15) is 11.5 Å². The molecule has 0 spiro atoms. The lowest BCUT2D eigenvalue weighted by molar-refractivity contribution is 0.0908. The molecule has 3 rings (SSSR count). The quantitative estimate of drug-likeness (QED) is 0.263. The molecule has 1 atom stereocenters. The van der Waals surface area contributed by atoms with E-state index < -0.39 is 11.8 Å². The van der Waals surface area contributed by atoms with Crippen LogP contribution in [-0.2, 0) is 7.05 Å². The molecule has 1 aromatic heterocycles. The highest BCUT2D eigenvalue weighted by atomic mass is 16.5. The molecule has 0 fully saturated rings. The SMILES string of the molecule is COc1cc(C(=O)NCC(O)CCCCCCCCCN2CN(C)c3c2n(C)c(=O)[nH]c3=O)cc(OC)c1OC. The second-order valence-electron chi connectivity index (χ2n) is 10.1. The highest BCUT2D eigenvalue weighted by Crippen LogP contribution is 2.38. The van der Waals surface area contributed by atoms with Crippen LogP contribution in [0.4, 0.5) is 11.5 Å². The van der Waals surface area contributed by atoms with Crippen molar-refractivity contribution >= 4 is 17.4 Å². The number of anilines is 2. The minimum absolute atomic E-state index is 0.168. The van der Waals surface area contributed by atoms with E-state index in [1.807, 2.05) is 11.9 Å². The van der Waals surface area contributed by atoms with Crippen LogP contribution in [0, 0.1) is 0 Å². The zero-order valence-corrected chi connectivity index (χ0v) is 24.2. The number of amides is 1. The van der Waals surface area contributed by atoms with Crippen molar-refractivity contribution in [3.63, 3.8) is 0 Å². The smallest absolute Gasteiger partial charge is 0.329 e. The Kier molecular flexibility index (Phi) is 11.3. The summed E-state index contributed by atoms with van der Waals surface area (Å²) in [6.07, 6.45) is 7.28. The standard InChI is InChI=1S/C28H43N5O7/c1-31-18-33(27-23(31)26(36)30-28(37)32(27)2)14-12-10-8-6-7-9-11-13-20(34)17-29-25(35)19-15-21(38-3)24(40-5)22(16-19)39-4/h15-16,20,34H,6-14,17-18H2,1-5H3,(H,29,35)(H,30,36,37). The van der Waals surface area contributed by atoms with Crippen LogP contribution in [0.2, 0.25) is 0 Å². The van der Waals surface area contributed by atoms with E-state index in [1.165, 1.54) is 25.9 Å². The summed E-state index contributed by atoms with van der Waals surface area (Å²) in [5.74, 6) is 1.57. The summed E-state index contributed by atoms with van der Waals surface area (Å²) >= 11 is 0. The number of ether oxygens (including phenoxy) is 3. The zero-order chi connectivity index (χ0) is 29.2. The van der Waals surface area contributed by atoms with E-state index in [4.69, 9.17) is 14.2 Å². The van der Waals surface area contributed by atoms with Crippen LogP contribution in [-0.4, -0.2) is 74.8 Å². The maximum Gasteiger partial charge on any atom is 0.329 e. The van der Waals surface area contributed by atoms with Crippen molar-refractivity contribution in [1.29, 1.82) is 0 Å². The number of carbonyl (C=O) groups excluding carboxylic acids is 1. The summed E-state index contributed by atoms with van der Waals surface area (Å²) in [4.78, 5) is 43.1. The fraction of sp³-hybridized carbons (Fsp3) is 0.607. The third-order valence-corrected chi connectivity index (χ3v) is 7.22. The molecule has 12 nitrogen and oxygen atoms in total. The fourth-order valence-corrected chi connectivity index (χ4v) is 5.07. The maximum atomic E-state index is 12.6. The Morgan fingerprint density at radius 2 is 1.57 bits per heavy atom. The van der Waals surface area contributed by atoms with Gasteiger partial charge in [0.05, 0.1) is 34.1 Å². The number of hydrogen-bond acceptors (Lipinski definition) is 9. The second kappa shape index (κ2) is 14.6. The largest absolute Gasteiger partial charge is 0.493 e. The third-order valence-electron chi connectivity index (χ3n) is 7.22. The van der Waals surface area contributed by atoms with Crippen molar-refractivity contribution in [3.8, 4) is 17.2 Å². The number of nitrogens with one attached hydrogen (secondary N) is 2. The predicted octanol–water partition coefficient (Wildman–Crippen LogP) is 2.22. The van der Waals surface area contributed by atoms with Gasteiger partial charge in [-0.2, -0.15) is 0 Å². The van der Waals surface area contributed by atoms with E-state index in [0.29, 0.717) is 47.4 Å². The molecular weight excluding hydrogens is 518 g/mol. The highest BCUT2D eigenvalue weighted by molar-refractivity contribution is 5.95. The zero-order valence-electron chi connectivity index (χ0n) is 24.2. The molecule has 0 bridgehead atoms. The summed E-state index contributed by atoms with van der Waals surface area (Å²) in [5, 5.41) is 13.1. The average molecular weight is 562 g/mol. The predicted molar refractivity (Wildman–Crippen MR) is 154 cm³/mol. The van der Waals surface area contributed by atoms with Crippen molar-refractivity contribution < 1.29 is 24.1 Å². The maximum absolute atomic E-state index is 12.6. The van der Waals surface area contributed by atoms with Crippen LogP contribution in [0.5, 0.6) is 17.2 Å². The second-order valence-corrected chi connectivity index (χ2v) is 10.1. The molecule has 0 aliphatic carbocycles. The summed E-state index contributed by atoms with van der Waals surface area (Å²) in [6.45, 7) is 1.56. The van der Waals surface area contributed by atoms with Crippen LogP contribution >= 0.6 is 0 Å². The number of methoxy groups -OCH3 is 3. The van der Waals surface area contributed by atoms with Crippen molar-refractivity contribution in [1.82, 2.24) is 14.9 Å². The van der Waals surface area contributed by atoms with Gasteiger partial charge in [-0.15, -0.1) is 0 Å². The molecular formula is C28H43N5O7. The molecule has 2 heterocycles. The molecule has 40 heavy (non-hydrogen) atoms. The molecule has 1 amide bonds. The average Bonchev–Trinajstić information content (AvgIpc) is 3.28. The van der Waals surface area contributed by atoms with Crippen molar-refractivity contribution in [3.05, 3.63) is 38.5 Å². The molecule has 1 aromatic carbocycles. The number of aliphatic hydroxyl groups is 1. The number of aromatic nitrogens is 2. The Balaban J connectivity index is 1.29. The van der Waals surface area contributed by atoms with E-state index in [-0.39, 0.29) is 18.0 Å². The van der Waals surface area contributed by atoms with Crippen molar-refractivity contribution in [2.45, 2.75) is 57.5 Å². The number of H-pyrrole nitrogens is 1. The lowest BCUT2D eigenvalue weighted by atomic mass is 10.1. The van der Waals surface area contributed by atoms with Gasteiger partial charge >= 0.3 is 5.69 Å². The van der Waals surface area contributed by atoms with Crippen molar-refractivity contribution in [2.24, 2.45) is 7.05 Å². The van der Waals surface area contributed by atoms with Gasteiger partial charge in [-0.05, 0) is 25.0 Å². The van der Waals surface area contributed by atoms with E-state index in [0.717, 1.165) is 51.5 Å². The molecule has 1 aliphatic heterocycles. The lowest BCUT2D eigenvalue weighted by Crippen LogP contribution is -2.32. The number of aromatic amines is 1. The Bertz CT molecular complexity index is 1230. The molecule has 1 unspecified atom stereocenters. The molecule has 1 aliphatic rings. The van der Waals surface area contributed by atoms with E-state index in [1.54, 1.807) is 19.2 Å². The van der Waals surface area contributed by atoms with E-state index >= 15 is 0 Å². The van der Waals surface area contributed by atoms with Crippen molar-refractivity contribution in [2.75, 3.05) is 57.9 Å². The lowest BCUT2D eigenvalue weighted by Gasteiger charge is -2.20. The monoisotopic (exact) mass is 561 g/mol. The first-order valence-electron chi connectivity index (χ1n) is 13.8. The summed E-state index contributed by atoms with van der Waals surface area (Å²) in [6, 6.07) is 3.16. The number of fused-ring (bicyclic) bond motifs is 1. The normalized spacial score (nSPS) is 13.2. The minimum atomic E-state index is -0.615. The molecule has 222 valence electrons. The van der Waals surface area contributed by atoms with Crippen LogP contribution in [0.3, 0.4) is 0 Å². The number of benzene rings is 1. The van der Waals surface area contributed by atoms with E-state index in [2.05, 4.69) is 15.2 Å². The highest BCUT2D eigenvalue weighted by Gasteiger charge is 2.29. The Labute approximate surface area is 234 Å². The van der Waals surface area contributed by atoms with Crippen LogP contribution in [0.15, 0.2) is 21.7 Å². The van der Waals surface area contributed by atoms with Gasteiger partial charge in [0, 0.05) is 32.7 Å². The minimum Gasteiger partial charge on any atom is -0.493 e. The first-order valence-corrected chi connectivity index (χ1v) is 13.8. The van der Waals surface area contributed by atoms with Gasteiger partial charge in [-0.25, -0.2) is 4.79 Å². The Morgan fingerprint density at radius 3 is 2.17 bits per heavy atom. The summed E-state index contributed by atoms with van der Waals surface area (Å²) in [5.41, 5.74) is 0.176. The van der Waals surface area contributed by atoms with Gasteiger partial charge in [0.25, 0.3) is 11.5 Å². The van der Waals surface area contributed by atoms with Crippen LogP contribution < -0.4 is 40.6 Å². The first-order chi connectivity index (χ1) is 19.2. The first kappa shape index (κ1) is 30.9. The third kappa shape index (κ3) is 7.50. The molecule has 2 aromatic rings. The Hall–Kier alpha value is -3.67. The number of rotatable bonds is 16. The van der Waals surface area contributed by atoms with Gasteiger partial charge < -0.3 is 34.4 Å². The van der Waals surface area contributed by atoms with Gasteiger partial charge in [0.15, 0.2) is 11.5 Å². The number of nitrogens with zero attached hydrogens (tertiary/aromatic N) is 3. The molecule has 3 N–H and O–H groups in total. The number of carbonyl (C=O) groups is 1. The van der Waals surface area contributed by atoms with Crippen LogP contribution in [0.25, 0.3) is 0 Å². The molecule has 0 radical (unpaired) electrons. The van der Waals surface area contributed by atoms with Gasteiger partial charge in [-0.1, -0.05) is 38.5 Å². The summed E-state index contributed by atoms with van der Waals surface area (Å²) < 4.78 is 17.4. The van der Waals surface area contributed by atoms with Gasteiger partial charge in [-0.3, -0.25) is 19.1 Å². The van der Waals surface area contributed by atoms with E-state index in [9.17, 15) is 19.5 Å². The van der Waals surface area contributed by atoms with Gasteiger partial charge in [0.2, 0.25) is 5.75 Å². The number of unbranched alkanes of at least 4 members (excludes halogenated alkanes) is 6. The topological polar surface area (TPSA) is 138 Å². The number of aliphatic hydroxyl groups excluding tert-OH is 1. The fourth-order valence-electron chi connectivity index (χ4n) is 5.07. The molecule has 12 heteroatoms. The molecule has 0 saturated heterocycles. The number of hydrogen-bond donors (Lipinski definition) is 3. The van der Waals surface area contributed by atoms with Crippen LogP contribution in [0.1, 0.15) is 61.7 Å². The Morgan fingerprint density at radius 1 is 0.975 bits per heavy atom. The summed E-state index contributed by atoms with van der Waals surface area (Å²) in [7, 11) is 8.03.